The first kappa shape index (κ1) is 18.1. The summed E-state index contributed by atoms with van der Waals surface area (Å²) in [5, 5.41) is 0.818. The van der Waals surface area contributed by atoms with Crippen LogP contribution in [0.15, 0.2) is 47.5 Å². The molecule has 0 spiro atoms. The average Bonchev–Trinajstić information content (AvgIpc) is 2.92. The molecule has 0 aliphatic carbocycles. The Morgan fingerprint density at radius 3 is 2.64 bits per heavy atom. The molecule has 0 saturated carbocycles. The summed E-state index contributed by atoms with van der Waals surface area (Å²) in [5.74, 6) is -0.374. The summed E-state index contributed by atoms with van der Waals surface area (Å²) >= 11 is 13.4. The van der Waals surface area contributed by atoms with Gasteiger partial charge in [0.2, 0.25) is 0 Å². The van der Waals surface area contributed by atoms with E-state index in [9.17, 15) is 4.79 Å². The molecule has 1 heterocycles. The van der Waals surface area contributed by atoms with E-state index in [0.717, 1.165) is 10.2 Å². The van der Waals surface area contributed by atoms with Crippen molar-refractivity contribution in [3.63, 3.8) is 0 Å². The Balaban J connectivity index is 2.05. The van der Waals surface area contributed by atoms with E-state index in [0.29, 0.717) is 40.2 Å². The van der Waals surface area contributed by atoms with Crippen molar-refractivity contribution < 1.29 is 9.53 Å². The highest BCUT2D eigenvalue weighted by atomic mass is 35.5. The van der Waals surface area contributed by atoms with Gasteiger partial charge in [0.25, 0.3) is 5.91 Å². The Bertz CT molecular complexity index is 958. The smallest absolute Gasteiger partial charge is 0.279 e. The lowest BCUT2D eigenvalue weighted by Crippen LogP contribution is -2.19. The van der Waals surface area contributed by atoms with Crippen molar-refractivity contribution in [2.45, 2.75) is 13.5 Å². The van der Waals surface area contributed by atoms with Crippen molar-refractivity contribution in [3.8, 4) is 0 Å². The molecule has 25 heavy (non-hydrogen) atoms. The monoisotopic (exact) mass is 394 g/mol. The zero-order chi connectivity index (χ0) is 17.8. The summed E-state index contributed by atoms with van der Waals surface area (Å²) in [6, 6.07) is 12.7. The fraction of sp³-hybridized carbons (Fsp3) is 0.222. The fourth-order valence-corrected chi connectivity index (χ4v) is 4.03. The standard InChI is InChI=1S/C18H16Cl2N2O2S/c1-2-24-8-7-22-15-5-3-4-6-16(15)25-18(22)21-17(23)12-9-13(19)11-14(20)10-12/h3-6,9-11H,2,7-8H2,1H3. The first-order chi connectivity index (χ1) is 12.1. The number of carbonyl (C=O) groups is 1. The van der Waals surface area contributed by atoms with Crippen LogP contribution in [0, 0.1) is 0 Å². The molecule has 1 aromatic heterocycles. The van der Waals surface area contributed by atoms with Crippen LogP contribution in [0.4, 0.5) is 0 Å². The normalized spacial score (nSPS) is 12.0. The van der Waals surface area contributed by atoms with Gasteiger partial charge in [-0.2, -0.15) is 4.99 Å². The number of aromatic nitrogens is 1. The maximum Gasteiger partial charge on any atom is 0.279 e. The van der Waals surface area contributed by atoms with Gasteiger partial charge in [-0.25, -0.2) is 0 Å². The lowest BCUT2D eigenvalue weighted by molar-refractivity contribution is 0.0996. The van der Waals surface area contributed by atoms with Crippen LogP contribution in [-0.2, 0) is 11.3 Å². The maximum absolute atomic E-state index is 12.6. The quantitative estimate of drug-likeness (QED) is 0.583. The highest BCUT2D eigenvalue weighted by Gasteiger charge is 2.10. The van der Waals surface area contributed by atoms with E-state index in [1.165, 1.54) is 11.3 Å². The number of halogens is 2. The van der Waals surface area contributed by atoms with E-state index in [2.05, 4.69) is 4.99 Å². The summed E-state index contributed by atoms with van der Waals surface area (Å²) in [6.07, 6.45) is 0. The van der Waals surface area contributed by atoms with Crippen LogP contribution in [0.3, 0.4) is 0 Å². The third kappa shape index (κ3) is 4.30. The van der Waals surface area contributed by atoms with Crippen molar-refractivity contribution in [1.82, 2.24) is 4.57 Å². The number of para-hydroxylation sites is 1. The van der Waals surface area contributed by atoms with Crippen LogP contribution >= 0.6 is 34.5 Å². The highest BCUT2D eigenvalue weighted by molar-refractivity contribution is 7.16. The van der Waals surface area contributed by atoms with Crippen LogP contribution in [-0.4, -0.2) is 23.7 Å². The zero-order valence-corrected chi connectivity index (χ0v) is 15.9. The van der Waals surface area contributed by atoms with E-state index >= 15 is 0 Å². The number of amides is 1. The van der Waals surface area contributed by atoms with Crippen molar-refractivity contribution in [3.05, 3.63) is 62.9 Å². The second-order valence-electron chi connectivity index (χ2n) is 5.28. The molecule has 4 nitrogen and oxygen atoms in total. The minimum Gasteiger partial charge on any atom is -0.380 e. The molecule has 130 valence electrons. The number of carbonyl (C=O) groups excluding carboxylic acids is 1. The van der Waals surface area contributed by atoms with Crippen LogP contribution in [0.25, 0.3) is 10.2 Å². The summed E-state index contributed by atoms with van der Waals surface area (Å²) in [5.41, 5.74) is 1.40. The van der Waals surface area contributed by atoms with Crippen LogP contribution < -0.4 is 4.80 Å². The molecule has 1 amide bonds. The van der Waals surface area contributed by atoms with Gasteiger partial charge in [0, 0.05) is 28.8 Å². The summed E-state index contributed by atoms with van der Waals surface area (Å²) in [6.45, 7) is 3.78. The second-order valence-corrected chi connectivity index (χ2v) is 7.16. The Kier molecular flexibility index (Phi) is 5.91. The predicted molar refractivity (Wildman–Crippen MR) is 103 cm³/mol. The average molecular weight is 395 g/mol. The molecule has 0 radical (unpaired) electrons. The Morgan fingerprint density at radius 1 is 1.20 bits per heavy atom. The molecular weight excluding hydrogens is 379 g/mol. The maximum atomic E-state index is 12.6. The minimum atomic E-state index is -0.374. The van der Waals surface area contributed by atoms with Crippen LogP contribution in [0.1, 0.15) is 17.3 Å². The summed E-state index contributed by atoms with van der Waals surface area (Å²) in [4.78, 5) is 17.5. The van der Waals surface area contributed by atoms with Crippen molar-refractivity contribution in [2.24, 2.45) is 4.99 Å². The molecule has 0 saturated heterocycles. The largest absolute Gasteiger partial charge is 0.380 e. The molecule has 0 bridgehead atoms. The van der Waals surface area contributed by atoms with Crippen LogP contribution in [0.5, 0.6) is 0 Å². The van der Waals surface area contributed by atoms with E-state index in [-0.39, 0.29) is 5.91 Å². The highest BCUT2D eigenvalue weighted by Crippen LogP contribution is 2.20. The van der Waals surface area contributed by atoms with Crippen molar-refractivity contribution in [1.29, 1.82) is 0 Å². The number of nitrogens with zero attached hydrogens (tertiary/aromatic N) is 2. The van der Waals surface area contributed by atoms with Gasteiger partial charge in [0.1, 0.15) is 0 Å². The SMILES string of the molecule is CCOCCn1c(=NC(=O)c2cc(Cl)cc(Cl)c2)sc2ccccc21. The Labute approximate surface area is 159 Å². The molecule has 0 aliphatic heterocycles. The number of ether oxygens (including phenoxy) is 1. The van der Waals surface area contributed by atoms with Gasteiger partial charge in [-0.3, -0.25) is 4.79 Å². The first-order valence-corrected chi connectivity index (χ1v) is 9.37. The van der Waals surface area contributed by atoms with Gasteiger partial charge in [-0.1, -0.05) is 46.7 Å². The third-order valence-electron chi connectivity index (χ3n) is 3.56. The third-order valence-corrected chi connectivity index (χ3v) is 5.05. The van der Waals surface area contributed by atoms with Crippen molar-refractivity contribution in [2.75, 3.05) is 13.2 Å². The van der Waals surface area contributed by atoms with E-state index in [1.807, 2.05) is 35.8 Å². The number of hydrogen-bond acceptors (Lipinski definition) is 3. The number of fused-ring (bicyclic) bond motifs is 1. The molecule has 0 atom stereocenters. The topological polar surface area (TPSA) is 43.6 Å². The fourth-order valence-electron chi connectivity index (χ4n) is 2.45. The van der Waals surface area contributed by atoms with Gasteiger partial charge < -0.3 is 9.30 Å². The minimum absolute atomic E-state index is 0.367. The Morgan fingerprint density at radius 2 is 1.92 bits per heavy atom. The molecule has 0 fully saturated rings. The predicted octanol–water partition coefficient (Wildman–Crippen LogP) is 4.79. The molecule has 3 rings (SSSR count). The molecular formula is C18H16Cl2N2O2S. The number of rotatable bonds is 5. The zero-order valence-electron chi connectivity index (χ0n) is 13.5. The first-order valence-electron chi connectivity index (χ1n) is 7.79. The number of benzene rings is 2. The van der Waals surface area contributed by atoms with Gasteiger partial charge in [-0.05, 0) is 37.3 Å². The van der Waals surface area contributed by atoms with Crippen LogP contribution in [0.2, 0.25) is 10.0 Å². The Hall–Kier alpha value is -1.66. The molecule has 2 aromatic carbocycles. The lowest BCUT2D eigenvalue weighted by Gasteiger charge is -2.05. The van der Waals surface area contributed by atoms with Gasteiger partial charge in [-0.15, -0.1) is 0 Å². The number of hydrogen-bond donors (Lipinski definition) is 0. The van der Waals surface area contributed by atoms with Gasteiger partial charge in [0.05, 0.1) is 16.8 Å². The van der Waals surface area contributed by atoms with Gasteiger partial charge in [0.15, 0.2) is 4.80 Å². The van der Waals surface area contributed by atoms with E-state index < -0.39 is 0 Å². The lowest BCUT2D eigenvalue weighted by atomic mass is 10.2. The number of thiazole rings is 1. The summed E-state index contributed by atoms with van der Waals surface area (Å²) < 4.78 is 8.52. The molecule has 3 aromatic rings. The summed E-state index contributed by atoms with van der Waals surface area (Å²) in [7, 11) is 0. The molecule has 0 unspecified atom stereocenters. The molecule has 0 N–H and O–H groups in total. The van der Waals surface area contributed by atoms with E-state index in [1.54, 1.807) is 18.2 Å². The van der Waals surface area contributed by atoms with Gasteiger partial charge >= 0.3 is 0 Å². The second kappa shape index (κ2) is 8.15. The molecule has 0 aliphatic rings. The van der Waals surface area contributed by atoms with Crippen molar-refractivity contribution >= 4 is 50.7 Å². The van der Waals surface area contributed by atoms with E-state index in [4.69, 9.17) is 27.9 Å². The molecule has 7 heteroatoms.